The van der Waals surface area contributed by atoms with Gasteiger partial charge in [0.15, 0.2) is 0 Å². The molecule has 0 aliphatic heterocycles. The fraction of sp³-hybridized carbons (Fsp3) is 0.500. The van der Waals surface area contributed by atoms with Gasteiger partial charge >= 0.3 is 0 Å². The molecule has 1 aromatic heterocycles. The standard InChI is InChI=1S/C16H20ClN3/c1-11(2)8-12(3)20-15-9-13(10-18)4-5-14(15)19-16(20)6-7-17/h4-5,9,11-12H,6-8H2,1-3H3. The summed E-state index contributed by atoms with van der Waals surface area (Å²) >= 11 is 5.90. The number of benzene rings is 1. The number of hydrogen-bond acceptors (Lipinski definition) is 2. The first-order valence-corrected chi connectivity index (χ1v) is 7.57. The maximum Gasteiger partial charge on any atom is 0.111 e. The third-order valence-electron chi connectivity index (χ3n) is 3.46. The van der Waals surface area contributed by atoms with Crippen LogP contribution in [0.25, 0.3) is 11.0 Å². The number of aromatic nitrogens is 2. The highest BCUT2D eigenvalue weighted by Crippen LogP contribution is 2.26. The Balaban J connectivity index is 2.57. The van der Waals surface area contributed by atoms with Gasteiger partial charge in [-0.05, 0) is 37.5 Å². The molecule has 1 unspecified atom stereocenters. The quantitative estimate of drug-likeness (QED) is 0.770. The van der Waals surface area contributed by atoms with Crippen molar-refractivity contribution in [2.75, 3.05) is 5.88 Å². The Morgan fingerprint density at radius 2 is 2.10 bits per heavy atom. The molecular formula is C16H20ClN3. The minimum Gasteiger partial charge on any atom is -0.325 e. The molecule has 0 saturated carbocycles. The molecular weight excluding hydrogens is 270 g/mol. The van der Waals surface area contributed by atoms with Crippen molar-refractivity contribution in [1.29, 1.82) is 5.26 Å². The van der Waals surface area contributed by atoms with E-state index in [0.717, 1.165) is 29.7 Å². The molecule has 0 radical (unpaired) electrons. The first-order chi connectivity index (χ1) is 9.56. The lowest BCUT2D eigenvalue weighted by Crippen LogP contribution is -2.12. The van der Waals surface area contributed by atoms with E-state index in [-0.39, 0.29) is 0 Å². The highest BCUT2D eigenvalue weighted by Gasteiger charge is 2.16. The summed E-state index contributed by atoms with van der Waals surface area (Å²) < 4.78 is 2.25. The Kier molecular flexibility index (Phi) is 4.67. The second-order valence-corrected chi connectivity index (χ2v) is 6.01. The molecule has 20 heavy (non-hydrogen) atoms. The van der Waals surface area contributed by atoms with E-state index in [1.54, 1.807) is 0 Å². The Hall–Kier alpha value is -1.53. The van der Waals surface area contributed by atoms with Gasteiger partial charge in [-0.15, -0.1) is 11.6 Å². The van der Waals surface area contributed by atoms with Crippen LogP contribution in [0.5, 0.6) is 0 Å². The minimum atomic E-state index is 0.354. The first kappa shape index (κ1) is 14.9. The summed E-state index contributed by atoms with van der Waals surface area (Å²) in [6, 6.07) is 8.22. The normalized spacial score (nSPS) is 12.8. The van der Waals surface area contributed by atoms with Gasteiger partial charge in [-0.25, -0.2) is 4.98 Å². The van der Waals surface area contributed by atoms with Crippen molar-refractivity contribution in [1.82, 2.24) is 9.55 Å². The van der Waals surface area contributed by atoms with Crippen molar-refractivity contribution in [2.45, 2.75) is 39.7 Å². The predicted molar refractivity (Wildman–Crippen MR) is 83.0 cm³/mol. The van der Waals surface area contributed by atoms with Gasteiger partial charge in [0, 0.05) is 18.3 Å². The number of nitrogens with zero attached hydrogens (tertiary/aromatic N) is 3. The smallest absolute Gasteiger partial charge is 0.111 e. The third kappa shape index (κ3) is 2.96. The number of halogens is 1. The molecule has 0 saturated heterocycles. The van der Waals surface area contributed by atoms with Crippen LogP contribution in [0.3, 0.4) is 0 Å². The molecule has 0 N–H and O–H groups in total. The Morgan fingerprint density at radius 1 is 1.35 bits per heavy atom. The van der Waals surface area contributed by atoms with Gasteiger partial charge in [0.05, 0.1) is 22.7 Å². The van der Waals surface area contributed by atoms with Crippen LogP contribution < -0.4 is 0 Å². The molecule has 1 aromatic carbocycles. The Labute approximate surface area is 125 Å². The van der Waals surface area contributed by atoms with Crippen molar-refractivity contribution >= 4 is 22.6 Å². The fourth-order valence-corrected chi connectivity index (χ4v) is 2.92. The summed E-state index contributed by atoms with van der Waals surface area (Å²) in [5, 5.41) is 9.08. The summed E-state index contributed by atoms with van der Waals surface area (Å²) in [5.74, 6) is 2.19. The summed E-state index contributed by atoms with van der Waals surface area (Å²) in [4.78, 5) is 4.68. The van der Waals surface area contributed by atoms with E-state index in [1.807, 2.05) is 18.2 Å². The lowest BCUT2D eigenvalue weighted by atomic mass is 10.0. The summed E-state index contributed by atoms with van der Waals surface area (Å²) in [6.07, 6.45) is 1.83. The predicted octanol–water partition coefficient (Wildman–Crippen LogP) is 4.30. The third-order valence-corrected chi connectivity index (χ3v) is 3.65. The largest absolute Gasteiger partial charge is 0.325 e. The number of hydrogen-bond donors (Lipinski definition) is 0. The molecule has 106 valence electrons. The lowest BCUT2D eigenvalue weighted by Gasteiger charge is -2.19. The minimum absolute atomic E-state index is 0.354. The maximum absolute atomic E-state index is 9.08. The average Bonchev–Trinajstić information content (AvgIpc) is 2.75. The van der Waals surface area contributed by atoms with Crippen molar-refractivity contribution in [2.24, 2.45) is 5.92 Å². The molecule has 1 atom stereocenters. The summed E-state index contributed by atoms with van der Waals surface area (Å²) in [7, 11) is 0. The van der Waals surface area contributed by atoms with E-state index >= 15 is 0 Å². The molecule has 0 aliphatic carbocycles. The summed E-state index contributed by atoms with van der Waals surface area (Å²) in [5.41, 5.74) is 2.66. The van der Waals surface area contributed by atoms with Gasteiger partial charge in [0.2, 0.25) is 0 Å². The molecule has 0 fully saturated rings. The van der Waals surface area contributed by atoms with Crippen molar-refractivity contribution in [3.63, 3.8) is 0 Å². The number of rotatable bonds is 5. The molecule has 2 rings (SSSR count). The first-order valence-electron chi connectivity index (χ1n) is 7.03. The van der Waals surface area contributed by atoms with E-state index in [1.165, 1.54) is 0 Å². The molecule has 0 bridgehead atoms. The van der Waals surface area contributed by atoms with E-state index in [0.29, 0.717) is 23.4 Å². The van der Waals surface area contributed by atoms with Crippen LogP contribution in [0.1, 0.15) is 44.6 Å². The van der Waals surface area contributed by atoms with Gasteiger partial charge in [-0.2, -0.15) is 5.26 Å². The monoisotopic (exact) mass is 289 g/mol. The second-order valence-electron chi connectivity index (χ2n) is 5.63. The fourth-order valence-electron chi connectivity index (χ4n) is 2.75. The van der Waals surface area contributed by atoms with Crippen LogP contribution >= 0.6 is 11.6 Å². The van der Waals surface area contributed by atoms with Crippen molar-refractivity contribution < 1.29 is 0 Å². The van der Waals surface area contributed by atoms with Gasteiger partial charge in [-0.3, -0.25) is 0 Å². The zero-order valence-electron chi connectivity index (χ0n) is 12.2. The number of imidazole rings is 1. The molecule has 3 nitrogen and oxygen atoms in total. The van der Waals surface area contributed by atoms with Gasteiger partial charge in [-0.1, -0.05) is 13.8 Å². The zero-order chi connectivity index (χ0) is 14.7. The van der Waals surface area contributed by atoms with Gasteiger partial charge in [0.25, 0.3) is 0 Å². The molecule has 4 heteroatoms. The molecule has 0 spiro atoms. The number of alkyl halides is 1. The highest BCUT2D eigenvalue weighted by molar-refractivity contribution is 6.17. The van der Waals surface area contributed by atoms with E-state index in [2.05, 4.69) is 36.4 Å². The molecule has 2 aromatic rings. The lowest BCUT2D eigenvalue weighted by molar-refractivity contribution is 0.426. The SMILES string of the molecule is CC(C)CC(C)n1c(CCCl)nc2ccc(C#N)cc21. The van der Waals surface area contributed by atoms with E-state index < -0.39 is 0 Å². The van der Waals surface area contributed by atoms with E-state index in [4.69, 9.17) is 16.9 Å². The average molecular weight is 290 g/mol. The van der Waals surface area contributed by atoms with Crippen LogP contribution in [-0.2, 0) is 6.42 Å². The van der Waals surface area contributed by atoms with Crippen LogP contribution in [0.4, 0.5) is 0 Å². The van der Waals surface area contributed by atoms with Crippen LogP contribution in [-0.4, -0.2) is 15.4 Å². The van der Waals surface area contributed by atoms with Gasteiger partial charge < -0.3 is 4.57 Å². The highest BCUT2D eigenvalue weighted by atomic mass is 35.5. The van der Waals surface area contributed by atoms with Crippen LogP contribution in [0.15, 0.2) is 18.2 Å². The van der Waals surface area contributed by atoms with Crippen molar-refractivity contribution in [3.8, 4) is 6.07 Å². The molecule has 0 aliphatic rings. The van der Waals surface area contributed by atoms with Crippen molar-refractivity contribution in [3.05, 3.63) is 29.6 Å². The maximum atomic E-state index is 9.08. The van der Waals surface area contributed by atoms with Gasteiger partial charge in [0.1, 0.15) is 5.82 Å². The second kappa shape index (κ2) is 6.28. The van der Waals surface area contributed by atoms with E-state index in [9.17, 15) is 0 Å². The Bertz CT molecular complexity index is 637. The van der Waals surface area contributed by atoms with Crippen LogP contribution in [0, 0.1) is 17.2 Å². The number of fused-ring (bicyclic) bond motifs is 1. The number of aryl methyl sites for hydroxylation is 1. The molecule has 1 heterocycles. The topological polar surface area (TPSA) is 41.6 Å². The molecule has 0 amide bonds. The number of nitriles is 1. The zero-order valence-corrected chi connectivity index (χ0v) is 13.0. The van der Waals surface area contributed by atoms with Crippen LogP contribution in [0.2, 0.25) is 0 Å². The Morgan fingerprint density at radius 3 is 2.70 bits per heavy atom. The summed E-state index contributed by atoms with van der Waals surface area (Å²) in [6.45, 7) is 6.65.